The summed E-state index contributed by atoms with van der Waals surface area (Å²) in [6.07, 6.45) is 12.4. The topological polar surface area (TPSA) is 30.9 Å². The minimum absolute atomic E-state index is 0.996. The average Bonchev–Trinajstić information content (AvgIpc) is 3.49. The Labute approximate surface area is 293 Å². The van der Waals surface area contributed by atoms with Crippen LogP contribution in [-0.2, 0) is 0 Å². The average molecular weight is 643 g/mol. The van der Waals surface area contributed by atoms with E-state index in [-0.39, 0.29) is 0 Å². The van der Waals surface area contributed by atoms with Crippen LogP contribution in [-0.4, -0.2) is 4.57 Å². The van der Waals surface area contributed by atoms with Crippen LogP contribution in [0, 0.1) is 0 Å². The van der Waals surface area contributed by atoms with E-state index in [4.69, 9.17) is 5.73 Å². The van der Waals surface area contributed by atoms with Crippen molar-refractivity contribution in [3.05, 3.63) is 193 Å². The quantitative estimate of drug-likeness (QED) is 0.136. The summed E-state index contributed by atoms with van der Waals surface area (Å²) in [6, 6.07) is 52.8. The lowest BCUT2D eigenvalue weighted by Crippen LogP contribution is -1.96. The monoisotopic (exact) mass is 642 g/mol. The van der Waals surface area contributed by atoms with Crippen LogP contribution in [0.1, 0.15) is 30.5 Å². The number of allylic oxidation sites excluding steroid dienone is 6. The van der Waals surface area contributed by atoms with Gasteiger partial charge in [-0.1, -0.05) is 146 Å². The molecule has 0 unspecified atom stereocenters. The molecule has 1 heterocycles. The lowest BCUT2D eigenvalue weighted by molar-refractivity contribution is 1.20. The second kappa shape index (κ2) is 13.3. The van der Waals surface area contributed by atoms with Gasteiger partial charge in [0.1, 0.15) is 0 Å². The fourth-order valence-electron chi connectivity index (χ4n) is 7.21. The van der Waals surface area contributed by atoms with Crippen molar-refractivity contribution in [2.75, 3.05) is 0 Å². The van der Waals surface area contributed by atoms with E-state index in [1.54, 1.807) is 6.20 Å². The molecule has 50 heavy (non-hydrogen) atoms. The standard InChI is InChI=1S/C48H38N2/c1-3-10-38(35-19-21-36(22-20-35)40-24-23-34-12-5-6-14-39(34)30-40)28-33-18-26-44-45-27-25-41(42(32-49)11-4-2)31-48(45)50(47(44)29-33)46-17-9-15-37-13-7-8-16-43(37)46/h3-32H,49H2,1-2H3/b10-3-,11-4-,38-28+,42-32+. The molecular weight excluding hydrogens is 605 g/mol. The fraction of sp³-hybridized carbons (Fsp3) is 0.0417. The van der Waals surface area contributed by atoms with Crippen molar-refractivity contribution < 1.29 is 0 Å². The molecule has 2 heteroatoms. The van der Waals surface area contributed by atoms with Gasteiger partial charge < -0.3 is 10.3 Å². The van der Waals surface area contributed by atoms with Crippen molar-refractivity contribution in [1.29, 1.82) is 0 Å². The van der Waals surface area contributed by atoms with Crippen LogP contribution in [0.3, 0.4) is 0 Å². The van der Waals surface area contributed by atoms with Crippen LogP contribution in [0.15, 0.2) is 176 Å². The molecule has 0 radical (unpaired) electrons. The number of benzene rings is 7. The molecule has 8 rings (SSSR count). The zero-order valence-electron chi connectivity index (χ0n) is 28.3. The summed E-state index contributed by atoms with van der Waals surface area (Å²) in [6.45, 7) is 4.10. The van der Waals surface area contributed by atoms with Crippen LogP contribution in [0.5, 0.6) is 0 Å². The summed E-state index contributed by atoms with van der Waals surface area (Å²) >= 11 is 0. The molecule has 2 nitrogen and oxygen atoms in total. The third-order valence-electron chi connectivity index (χ3n) is 9.63. The molecule has 240 valence electrons. The maximum absolute atomic E-state index is 6.10. The van der Waals surface area contributed by atoms with E-state index < -0.39 is 0 Å². The molecular formula is C48H38N2. The second-order valence-corrected chi connectivity index (χ2v) is 12.7. The van der Waals surface area contributed by atoms with Crippen molar-refractivity contribution in [3.8, 4) is 16.8 Å². The van der Waals surface area contributed by atoms with Crippen LogP contribution < -0.4 is 5.73 Å². The Morgan fingerprint density at radius 3 is 1.92 bits per heavy atom. The predicted octanol–water partition coefficient (Wildman–Crippen LogP) is 12.7. The Hall–Kier alpha value is -6.38. The molecule has 1 aromatic heterocycles. The van der Waals surface area contributed by atoms with E-state index in [0.29, 0.717) is 0 Å². The van der Waals surface area contributed by atoms with Gasteiger partial charge in [-0.2, -0.15) is 0 Å². The van der Waals surface area contributed by atoms with Gasteiger partial charge in [-0.25, -0.2) is 0 Å². The molecule has 0 aliphatic heterocycles. The Morgan fingerprint density at radius 2 is 1.14 bits per heavy atom. The molecule has 0 saturated heterocycles. The SMILES string of the molecule is C/C=C\C(=C/c1ccc2c3ccc(C(/C=C\C)=C/N)cc3n(-c3cccc4ccccc34)c2c1)c1ccc(-c2ccc3ccccc3c2)cc1. The van der Waals surface area contributed by atoms with Gasteiger partial charge in [0, 0.05) is 22.4 Å². The zero-order valence-corrected chi connectivity index (χ0v) is 28.3. The van der Waals surface area contributed by atoms with E-state index >= 15 is 0 Å². The van der Waals surface area contributed by atoms with E-state index in [1.807, 2.05) is 13.0 Å². The lowest BCUT2D eigenvalue weighted by Gasteiger charge is -2.13. The second-order valence-electron chi connectivity index (χ2n) is 12.7. The molecule has 2 N–H and O–H groups in total. The summed E-state index contributed by atoms with van der Waals surface area (Å²) in [4.78, 5) is 0. The number of hydrogen-bond acceptors (Lipinski definition) is 1. The first kappa shape index (κ1) is 30.9. The zero-order chi connectivity index (χ0) is 34.0. The summed E-state index contributed by atoms with van der Waals surface area (Å²) in [5.74, 6) is 0. The van der Waals surface area contributed by atoms with E-state index in [9.17, 15) is 0 Å². The highest BCUT2D eigenvalue weighted by molar-refractivity contribution is 6.12. The summed E-state index contributed by atoms with van der Waals surface area (Å²) in [5, 5.41) is 7.37. The minimum Gasteiger partial charge on any atom is -0.404 e. The Balaban J connectivity index is 1.27. The largest absolute Gasteiger partial charge is 0.404 e. The van der Waals surface area contributed by atoms with Gasteiger partial charge in [0.05, 0.1) is 16.7 Å². The Morgan fingerprint density at radius 1 is 0.500 bits per heavy atom. The van der Waals surface area contributed by atoms with E-state index in [0.717, 1.165) is 39.0 Å². The van der Waals surface area contributed by atoms with Crippen molar-refractivity contribution in [3.63, 3.8) is 0 Å². The number of nitrogens with two attached hydrogens (primary N) is 1. The van der Waals surface area contributed by atoms with Gasteiger partial charge in [0.25, 0.3) is 0 Å². The number of aromatic nitrogens is 1. The van der Waals surface area contributed by atoms with E-state index in [1.165, 1.54) is 49.0 Å². The highest BCUT2D eigenvalue weighted by atomic mass is 15.0. The molecule has 7 aromatic carbocycles. The van der Waals surface area contributed by atoms with Crippen molar-refractivity contribution in [1.82, 2.24) is 4.57 Å². The lowest BCUT2D eigenvalue weighted by atomic mass is 9.97. The van der Waals surface area contributed by atoms with Gasteiger partial charge in [0.15, 0.2) is 0 Å². The van der Waals surface area contributed by atoms with Gasteiger partial charge in [0.2, 0.25) is 0 Å². The maximum Gasteiger partial charge on any atom is 0.0547 e. The molecule has 0 amide bonds. The number of fused-ring (bicyclic) bond motifs is 5. The summed E-state index contributed by atoms with van der Waals surface area (Å²) < 4.78 is 2.42. The van der Waals surface area contributed by atoms with Gasteiger partial charge in [-0.05, 0) is 99.3 Å². The molecule has 0 fully saturated rings. The predicted molar refractivity (Wildman–Crippen MR) is 217 cm³/mol. The first-order valence-electron chi connectivity index (χ1n) is 17.2. The molecule has 0 bridgehead atoms. The van der Waals surface area contributed by atoms with Crippen molar-refractivity contribution >= 4 is 60.6 Å². The number of hydrogen-bond donors (Lipinski definition) is 1. The molecule has 0 atom stereocenters. The first-order chi connectivity index (χ1) is 24.6. The first-order valence-corrected chi connectivity index (χ1v) is 17.2. The van der Waals surface area contributed by atoms with Crippen LogP contribution in [0.4, 0.5) is 0 Å². The third kappa shape index (κ3) is 5.61. The van der Waals surface area contributed by atoms with Crippen molar-refractivity contribution in [2.24, 2.45) is 5.73 Å². The van der Waals surface area contributed by atoms with Crippen LogP contribution in [0.2, 0.25) is 0 Å². The maximum atomic E-state index is 6.10. The van der Waals surface area contributed by atoms with Crippen molar-refractivity contribution in [2.45, 2.75) is 13.8 Å². The minimum atomic E-state index is 0.996. The van der Waals surface area contributed by atoms with Crippen LogP contribution >= 0.6 is 0 Å². The molecule has 0 aliphatic rings. The summed E-state index contributed by atoms with van der Waals surface area (Å²) in [5.41, 5.74) is 17.6. The van der Waals surface area contributed by atoms with E-state index in [2.05, 4.69) is 181 Å². The number of rotatable bonds is 7. The van der Waals surface area contributed by atoms with Gasteiger partial charge in [-0.15, -0.1) is 0 Å². The smallest absolute Gasteiger partial charge is 0.0547 e. The summed E-state index contributed by atoms with van der Waals surface area (Å²) in [7, 11) is 0. The number of nitrogens with zero attached hydrogens (tertiary/aromatic N) is 1. The van der Waals surface area contributed by atoms with Gasteiger partial charge >= 0.3 is 0 Å². The molecule has 0 spiro atoms. The Bertz CT molecular complexity index is 2660. The fourth-order valence-corrected chi connectivity index (χ4v) is 7.21. The molecule has 8 aromatic rings. The Kier molecular flexibility index (Phi) is 8.20. The molecule has 0 aliphatic carbocycles. The molecule has 0 saturated carbocycles. The van der Waals surface area contributed by atoms with Crippen LogP contribution in [0.25, 0.3) is 77.4 Å². The normalized spacial score (nSPS) is 12.8. The highest BCUT2D eigenvalue weighted by Gasteiger charge is 2.16. The van der Waals surface area contributed by atoms with Gasteiger partial charge in [-0.3, -0.25) is 0 Å². The highest BCUT2D eigenvalue weighted by Crippen LogP contribution is 2.37. The third-order valence-corrected chi connectivity index (χ3v) is 9.63.